The van der Waals surface area contributed by atoms with Gasteiger partial charge in [0.25, 0.3) is 6.47 Å². The van der Waals surface area contributed by atoms with Crippen LogP contribution in [0, 0.1) is 12.3 Å². The molecule has 0 aliphatic carbocycles. The molecule has 24 heavy (non-hydrogen) atoms. The third kappa shape index (κ3) is 4.39. The molecule has 7 nitrogen and oxygen atoms in total. The minimum Gasteiger partial charge on any atom is -0.483 e. The van der Waals surface area contributed by atoms with E-state index in [1.807, 2.05) is 31.3 Å². The number of aryl methyl sites for hydroxylation is 1. The minimum atomic E-state index is -0.250. The first-order chi connectivity index (χ1) is 11.6. The molecule has 3 heterocycles. The van der Waals surface area contributed by atoms with Gasteiger partial charge in [-0.3, -0.25) is 4.79 Å². The van der Waals surface area contributed by atoms with Crippen LogP contribution in [0.5, 0.6) is 0 Å². The number of aliphatic hydroxyl groups is 1. The van der Waals surface area contributed by atoms with Gasteiger partial charge in [-0.2, -0.15) is 0 Å². The van der Waals surface area contributed by atoms with Crippen molar-refractivity contribution in [1.29, 1.82) is 0 Å². The van der Waals surface area contributed by atoms with Gasteiger partial charge in [0.15, 0.2) is 5.82 Å². The normalized spacial score (nSPS) is 16.1. The summed E-state index contributed by atoms with van der Waals surface area (Å²) in [5, 5.41) is 16.7. The highest BCUT2D eigenvalue weighted by Gasteiger charge is 2.33. The fourth-order valence-corrected chi connectivity index (χ4v) is 2.87. The standard InChI is InChI=1S/C16H21N3O2.CH2O2/c1-13-3-2-4-14(18-13)15-17-7-8-19(15)11-16(12-20)5-9-21-10-6-16;2-1-3/h2-4,7-8,20H,5-6,9-12H2,1H3;1H,(H,2,3). The van der Waals surface area contributed by atoms with Crippen molar-refractivity contribution in [3.05, 3.63) is 36.3 Å². The van der Waals surface area contributed by atoms with E-state index in [0.717, 1.165) is 36.6 Å². The Morgan fingerprint density at radius 1 is 1.38 bits per heavy atom. The van der Waals surface area contributed by atoms with Crippen molar-refractivity contribution in [2.75, 3.05) is 19.8 Å². The molecule has 2 aromatic rings. The van der Waals surface area contributed by atoms with Gasteiger partial charge in [0.05, 0.1) is 6.61 Å². The van der Waals surface area contributed by atoms with Crippen LogP contribution in [0.4, 0.5) is 0 Å². The maximum absolute atomic E-state index is 9.84. The van der Waals surface area contributed by atoms with Crippen LogP contribution in [0.2, 0.25) is 0 Å². The van der Waals surface area contributed by atoms with Crippen LogP contribution in [0.15, 0.2) is 30.6 Å². The summed E-state index contributed by atoms with van der Waals surface area (Å²) >= 11 is 0. The summed E-state index contributed by atoms with van der Waals surface area (Å²) in [6.45, 7) is 4.08. The second kappa shape index (κ2) is 8.56. The maximum Gasteiger partial charge on any atom is 0.290 e. The molecular formula is C17H23N3O4. The lowest BCUT2D eigenvalue weighted by Gasteiger charge is -2.36. The number of aromatic nitrogens is 3. The van der Waals surface area contributed by atoms with Crippen molar-refractivity contribution in [3.63, 3.8) is 0 Å². The van der Waals surface area contributed by atoms with Gasteiger partial charge in [0.2, 0.25) is 0 Å². The highest BCUT2D eigenvalue weighted by atomic mass is 16.5. The summed E-state index contributed by atoms with van der Waals surface area (Å²) in [6, 6.07) is 5.94. The first-order valence-electron chi connectivity index (χ1n) is 7.86. The molecule has 1 saturated heterocycles. The summed E-state index contributed by atoms with van der Waals surface area (Å²) < 4.78 is 7.53. The summed E-state index contributed by atoms with van der Waals surface area (Å²) in [4.78, 5) is 17.4. The number of aliphatic hydroxyl groups excluding tert-OH is 1. The topological polar surface area (TPSA) is 97.5 Å². The van der Waals surface area contributed by atoms with Gasteiger partial charge in [-0.1, -0.05) is 6.07 Å². The molecule has 1 aliphatic rings. The molecule has 0 atom stereocenters. The second-order valence-corrected chi connectivity index (χ2v) is 5.92. The molecule has 7 heteroatoms. The van der Waals surface area contributed by atoms with Crippen LogP contribution in [-0.4, -0.2) is 51.0 Å². The van der Waals surface area contributed by atoms with Crippen molar-refractivity contribution in [2.45, 2.75) is 26.3 Å². The summed E-state index contributed by atoms with van der Waals surface area (Å²) in [5.74, 6) is 0.859. The van der Waals surface area contributed by atoms with E-state index in [-0.39, 0.29) is 18.5 Å². The van der Waals surface area contributed by atoms with Gasteiger partial charge >= 0.3 is 0 Å². The van der Waals surface area contributed by atoms with Gasteiger partial charge < -0.3 is 19.5 Å². The molecule has 2 N–H and O–H groups in total. The number of carboxylic acid groups (broad SMARTS) is 1. The lowest BCUT2D eigenvalue weighted by Crippen LogP contribution is -2.37. The summed E-state index contributed by atoms with van der Waals surface area (Å²) in [7, 11) is 0. The summed E-state index contributed by atoms with van der Waals surface area (Å²) in [5.41, 5.74) is 1.74. The van der Waals surface area contributed by atoms with Crippen LogP contribution < -0.4 is 0 Å². The van der Waals surface area contributed by atoms with Crippen LogP contribution in [0.25, 0.3) is 11.5 Å². The number of hydrogen-bond acceptors (Lipinski definition) is 5. The van der Waals surface area contributed by atoms with E-state index in [1.165, 1.54) is 0 Å². The fourth-order valence-electron chi connectivity index (χ4n) is 2.87. The molecule has 1 fully saturated rings. The van der Waals surface area contributed by atoms with Crippen molar-refractivity contribution in [2.24, 2.45) is 5.41 Å². The quantitative estimate of drug-likeness (QED) is 0.827. The predicted octanol–water partition coefficient (Wildman–Crippen LogP) is 1.74. The lowest BCUT2D eigenvalue weighted by atomic mass is 9.81. The van der Waals surface area contributed by atoms with Gasteiger partial charge in [0, 0.05) is 43.3 Å². The Hall–Kier alpha value is -2.25. The number of carbonyl (C=O) groups is 1. The van der Waals surface area contributed by atoms with Crippen molar-refractivity contribution < 1.29 is 19.7 Å². The smallest absolute Gasteiger partial charge is 0.290 e. The molecule has 130 valence electrons. The number of hydrogen-bond donors (Lipinski definition) is 2. The van der Waals surface area contributed by atoms with Crippen LogP contribution in [0.1, 0.15) is 18.5 Å². The molecule has 0 saturated carbocycles. The first kappa shape index (κ1) is 18.1. The third-order valence-electron chi connectivity index (χ3n) is 4.23. The largest absolute Gasteiger partial charge is 0.483 e. The molecule has 0 radical (unpaired) electrons. The van der Waals surface area contributed by atoms with E-state index >= 15 is 0 Å². The molecule has 2 aromatic heterocycles. The van der Waals surface area contributed by atoms with Gasteiger partial charge in [-0.15, -0.1) is 0 Å². The Morgan fingerprint density at radius 2 is 2.08 bits per heavy atom. The Balaban J connectivity index is 0.000000647. The van der Waals surface area contributed by atoms with E-state index in [0.29, 0.717) is 13.2 Å². The van der Waals surface area contributed by atoms with E-state index < -0.39 is 0 Å². The Bertz CT molecular complexity index is 651. The minimum absolute atomic E-state index is 0.114. The van der Waals surface area contributed by atoms with E-state index in [4.69, 9.17) is 14.6 Å². The van der Waals surface area contributed by atoms with Gasteiger partial charge in [-0.05, 0) is 31.9 Å². The van der Waals surface area contributed by atoms with Gasteiger partial charge in [0.1, 0.15) is 5.69 Å². The number of pyridine rings is 1. The Labute approximate surface area is 140 Å². The molecule has 0 unspecified atom stereocenters. The van der Waals surface area contributed by atoms with Crippen LogP contribution in [-0.2, 0) is 16.1 Å². The fraction of sp³-hybridized carbons (Fsp3) is 0.471. The zero-order chi connectivity index (χ0) is 17.4. The van der Waals surface area contributed by atoms with Crippen molar-refractivity contribution >= 4 is 6.47 Å². The average molecular weight is 333 g/mol. The second-order valence-electron chi connectivity index (χ2n) is 5.92. The van der Waals surface area contributed by atoms with Crippen LogP contribution >= 0.6 is 0 Å². The van der Waals surface area contributed by atoms with Crippen molar-refractivity contribution in [3.8, 4) is 11.5 Å². The predicted molar refractivity (Wildman–Crippen MR) is 88.5 cm³/mol. The monoisotopic (exact) mass is 333 g/mol. The molecule has 0 spiro atoms. The molecule has 0 amide bonds. The third-order valence-corrected chi connectivity index (χ3v) is 4.23. The molecule has 0 bridgehead atoms. The first-order valence-corrected chi connectivity index (χ1v) is 7.86. The number of imidazole rings is 1. The molecule has 1 aliphatic heterocycles. The zero-order valence-corrected chi connectivity index (χ0v) is 13.8. The maximum atomic E-state index is 9.84. The average Bonchev–Trinajstić information content (AvgIpc) is 3.04. The van der Waals surface area contributed by atoms with E-state index in [9.17, 15) is 5.11 Å². The zero-order valence-electron chi connectivity index (χ0n) is 13.8. The highest BCUT2D eigenvalue weighted by molar-refractivity contribution is 5.49. The SMILES string of the molecule is Cc1cccc(-c2nccn2CC2(CO)CCOCC2)n1.O=CO. The Kier molecular flexibility index (Phi) is 6.45. The number of ether oxygens (including phenoxy) is 1. The highest BCUT2D eigenvalue weighted by Crippen LogP contribution is 2.33. The van der Waals surface area contributed by atoms with E-state index in [2.05, 4.69) is 14.5 Å². The summed E-state index contributed by atoms with van der Waals surface area (Å²) in [6.07, 6.45) is 5.51. The Morgan fingerprint density at radius 3 is 2.71 bits per heavy atom. The molecule has 0 aromatic carbocycles. The molecule has 3 rings (SSSR count). The van der Waals surface area contributed by atoms with E-state index in [1.54, 1.807) is 6.20 Å². The molecular weight excluding hydrogens is 310 g/mol. The van der Waals surface area contributed by atoms with Crippen molar-refractivity contribution in [1.82, 2.24) is 14.5 Å². The number of rotatable bonds is 4. The number of nitrogens with zero attached hydrogens (tertiary/aromatic N) is 3. The van der Waals surface area contributed by atoms with Gasteiger partial charge in [-0.25, -0.2) is 9.97 Å². The van der Waals surface area contributed by atoms with Crippen LogP contribution in [0.3, 0.4) is 0 Å². The lowest BCUT2D eigenvalue weighted by molar-refractivity contribution is -0.122.